The van der Waals surface area contributed by atoms with Crippen LogP contribution in [0.5, 0.6) is 5.75 Å². The molecule has 1 N–H and O–H groups in total. The van der Waals surface area contributed by atoms with E-state index in [0.29, 0.717) is 12.2 Å². The summed E-state index contributed by atoms with van der Waals surface area (Å²) in [5.41, 5.74) is 3.03. The molecule has 0 radical (unpaired) electrons. The first-order valence-electron chi connectivity index (χ1n) is 8.61. The van der Waals surface area contributed by atoms with Crippen molar-refractivity contribution in [3.05, 3.63) is 84.2 Å². The van der Waals surface area contributed by atoms with Crippen LogP contribution in [0.25, 0.3) is 0 Å². The van der Waals surface area contributed by atoms with E-state index in [1.165, 1.54) is 0 Å². The molecule has 2 aromatic carbocycles. The van der Waals surface area contributed by atoms with Crippen molar-refractivity contribution in [2.24, 2.45) is 0 Å². The molecule has 0 fully saturated rings. The average Bonchev–Trinajstić information content (AvgIpc) is 2.70. The number of carbonyl (C=O) groups excluding carboxylic acids is 1. The number of carbonyl (C=O) groups is 1. The van der Waals surface area contributed by atoms with Gasteiger partial charge in [0.05, 0.1) is 17.9 Å². The molecule has 4 rings (SSSR count). The molecular formula is C21H19N3O2. The lowest BCUT2D eigenvalue weighted by atomic mass is 10.0. The Morgan fingerprint density at radius 1 is 1.04 bits per heavy atom. The minimum atomic E-state index is -0.378. The number of fused-ring (bicyclic) bond motifs is 1. The van der Waals surface area contributed by atoms with E-state index in [2.05, 4.69) is 10.3 Å². The number of pyridine rings is 1. The molecule has 0 saturated heterocycles. The van der Waals surface area contributed by atoms with Gasteiger partial charge in [-0.2, -0.15) is 0 Å². The zero-order valence-corrected chi connectivity index (χ0v) is 14.4. The Labute approximate surface area is 152 Å². The second kappa shape index (κ2) is 6.88. The fourth-order valence-electron chi connectivity index (χ4n) is 3.13. The lowest BCUT2D eigenvalue weighted by Crippen LogP contribution is -2.43. The van der Waals surface area contributed by atoms with Crippen molar-refractivity contribution in [1.82, 2.24) is 4.98 Å². The molecule has 1 aliphatic rings. The zero-order chi connectivity index (χ0) is 17.9. The van der Waals surface area contributed by atoms with Crippen LogP contribution in [0.2, 0.25) is 0 Å². The van der Waals surface area contributed by atoms with Gasteiger partial charge in [-0.25, -0.2) is 0 Å². The van der Waals surface area contributed by atoms with Gasteiger partial charge in [0.1, 0.15) is 5.75 Å². The highest BCUT2D eigenvalue weighted by Crippen LogP contribution is 2.36. The molecule has 5 nitrogen and oxygen atoms in total. The van der Waals surface area contributed by atoms with Gasteiger partial charge in [0, 0.05) is 17.6 Å². The molecule has 1 aromatic heterocycles. The highest BCUT2D eigenvalue weighted by Gasteiger charge is 2.34. The summed E-state index contributed by atoms with van der Waals surface area (Å²) in [4.78, 5) is 19.4. The Hall–Kier alpha value is -3.34. The standard InChI is InChI=1S/C21H19N3O2/c1-2-26-16-12-10-15(11-13-16)24-20(19-9-5-6-14-22-19)23-18-8-4-3-7-17(18)21(24)25/h3-14,20,23H,2H2,1H3/t20-/m1/s1. The van der Waals surface area contributed by atoms with Crippen LogP contribution in [0.3, 0.4) is 0 Å². The maximum Gasteiger partial charge on any atom is 0.262 e. The Kier molecular flexibility index (Phi) is 4.27. The topological polar surface area (TPSA) is 54.5 Å². The molecule has 1 aliphatic heterocycles. The molecule has 0 spiro atoms. The number of nitrogens with one attached hydrogen (secondary N) is 1. The Balaban J connectivity index is 1.79. The van der Waals surface area contributed by atoms with Gasteiger partial charge in [-0.05, 0) is 55.5 Å². The SMILES string of the molecule is CCOc1ccc(N2C(=O)c3ccccc3N[C@H]2c2ccccn2)cc1. The molecule has 1 amide bonds. The predicted molar refractivity (Wildman–Crippen MR) is 101 cm³/mol. The van der Waals surface area contributed by atoms with E-state index in [1.807, 2.05) is 73.7 Å². The Bertz CT molecular complexity index is 910. The van der Waals surface area contributed by atoms with Crippen molar-refractivity contribution in [1.29, 1.82) is 0 Å². The van der Waals surface area contributed by atoms with Crippen LogP contribution in [-0.2, 0) is 0 Å². The summed E-state index contributed by atoms with van der Waals surface area (Å²) in [6, 6.07) is 20.8. The van der Waals surface area contributed by atoms with E-state index in [-0.39, 0.29) is 12.1 Å². The molecular weight excluding hydrogens is 326 g/mol. The van der Waals surface area contributed by atoms with E-state index in [4.69, 9.17) is 4.74 Å². The highest BCUT2D eigenvalue weighted by molar-refractivity contribution is 6.12. The van der Waals surface area contributed by atoms with Gasteiger partial charge in [-0.3, -0.25) is 14.7 Å². The first-order valence-corrected chi connectivity index (χ1v) is 8.61. The van der Waals surface area contributed by atoms with Gasteiger partial charge in [-0.1, -0.05) is 18.2 Å². The highest BCUT2D eigenvalue weighted by atomic mass is 16.5. The zero-order valence-electron chi connectivity index (χ0n) is 14.4. The van der Waals surface area contributed by atoms with Crippen LogP contribution < -0.4 is 15.0 Å². The molecule has 2 heterocycles. The van der Waals surface area contributed by atoms with Crippen LogP contribution in [0.1, 0.15) is 29.1 Å². The monoisotopic (exact) mass is 345 g/mol. The van der Waals surface area contributed by atoms with Gasteiger partial charge in [-0.15, -0.1) is 0 Å². The first kappa shape index (κ1) is 16.1. The van der Waals surface area contributed by atoms with Crippen LogP contribution >= 0.6 is 0 Å². The molecule has 130 valence electrons. The van der Waals surface area contributed by atoms with Crippen LogP contribution in [-0.4, -0.2) is 17.5 Å². The molecule has 3 aromatic rings. The number of hydrogen-bond acceptors (Lipinski definition) is 4. The number of para-hydroxylation sites is 1. The van der Waals surface area contributed by atoms with E-state index in [9.17, 15) is 4.79 Å². The smallest absolute Gasteiger partial charge is 0.262 e. The number of anilines is 2. The summed E-state index contributed by atoms with van der Waals surface area (Å²) in [5, 5.41) is 3.44. The largest absolute Gasteiger partial charge is 0.494 e. The number of ether oxygens (including phenoxy) is 1. The summed E-state index contributed by atoms with van der Waals surface area (Å²) in [5.74, 6) is 0.725. The minimum Gasteiger partial charge on any atom is -0.494 e. The number of benzene rings is 2. The van der Waals surface area contributed by atoms with Crippen molar-refractivity contribution >= 4 is 17.3 Å². The van der Waals surface area contributed by atoms with Gasteiger partial charge < -0.3 is 10.1 Å². The van der Waals surface area contributed by atoms with Crippen molar-refractivity contribution < 1.29 is 9.53 Å². The number of nitrogens with zero attached hydrogens (tertiary/aromatic N) is 2. The van der Waals surface area contributed by atoms with E-state index >= 15 is 0 Å². The molecule has 26 heavy (non-hydrogen) atoms. The summed E-state index contributed by atoms with van der Waals surface area (Å²) >= 11 is 0. The lowest BCUT2D eigenvalue weighted by Gasteiger charge is -2.37. The summed E-state index contributed by atoms with van der Waals surface area (Å²) < 4.78 is 5.51. The van der Waals surface area contributed by atoms with Crippen molar-refractivity contribution in [2.45, 2.75) is 13.1 Å². The third kappa shape index (κ3) is 2.88. The maximum atomic E-state index is 13.2. The van der Waals surface area contributed by atoms with Crippen molar-refractivity contribution in [2.75, 3.05) is 16.8 Å². The molecule has 5 heteroatoms. The number of aromatic nitrogens is 1. The third-order valence-electron chi connectivity index (χ3n) is 4.32. The second-order valence-electron chi connectivity index (χ2n) is 5.95. The normalized spacial score (nSPS) is 16.0. The average molecular weight is 345 g/mol. The van der Waals surface area contributed by atoms with E-state index in [1.54, 1.807) is 11.1 Å². The quantitative estimate of drug-likeness (QED) is 0.768. The van der Waals surface area contributed by atoms with Crippen LogP contribution in [0.4, 0.5) is 11.4 Å². The first-order chi connectivity index (χ1) is 12.8. The van der Waals surface area contributed by atoms with E-state index in [0.717, 1.165) is 22.8 Å². The summed E-state index contributed by atoms with van der Waals surface area (Å²) in [7, 11) is 0. The fourth-order valence-corrected chi connectivity index (χ4v) is 3.13. The van der Waals surface area contributed by atoms with Crippen LogP contribution in [0, 0.1) is 0 Å². The number of hydrogen-bond donors (Lipinski definition) is 1. The predicted octanol–water partition coefficient (Wildman–Crippen LogP) is 4.25. The third-order valence-corrected chi connectivity index (χ3v) is 4.32. The van der Waals surface area contributed by atoms with Gasteiger partial charge in [0.2, 0.25) is 0 Å². The second-order valence-corrected chi connectivity index (χ2v) is 5.95. The molecule has 0 aliphatic carbocycles. The summed E-state index contributed by atoms with van der Waals surface area (Å²) in [6.07, 6.45) is 1.36. The van der Waals surface area contributed by atoms with Gasteiger partial charge in [0.15, 0.2) is 6.17 Å². The van der Waals surface area contributed by atoms with Gasteiger partial charge in [0.25, 0.3) is 5.91 Å². The van der Waals surface area contributed by atoms with Crippen molar-refractivity contribution in [3.63, 3.8) is 0 Å². The van der Waals surface area contributed by atoms with Crippen molar-refractivity contribution in [3.8, 4) is 5.75 Å². The van der Waals surface area contributed by atoms with E-state index < -0.39 is 0 Å². The maximum absolute atomic E-state index is 13.2. The fraction of sp³-hybridized carbons (Fsp3) is 0.143. The molecule has 0 saturated carbocycles. The Morgan fingerprint density at radius 2 is 1.81 bits per heavy atom. The van der Waals surface area contributed by atoms with Gasteiger partial charge >= 0.3 is 0 Å². The minimum absolute atomic E-state index is 0.0563. The lowest BCUT2D eigenvalue weighted by molar-refractivity contribution is 0.0974. The molecule has 1 atom stereocenters. The number of amides is 1. The molecule has 0 unspecified atom stereocenters. The molecule has 0 bridgehead atoms. The number of rotatable bonds is 4. The van der Waals surface area contributed by atoms with Crippen LogP contribution in [0.15, 0.2) is 72.9 Å². The Morgan fingerprint density at radius 3 is 2.54 bits per heavy atom. The summed E-state index contributed by atoms with van der Waals surface area (Å²) in [6.45, 7) is 2.55.